The molecule has 0 aromatic heterocycles. The lowest BCUT2D eigenvalue weighted by atomic mass is 10.0. The topological polar surface area (TPSA) is 52.5 Å². The van der Waals surface area contributed by atoms with Gasteiger partial charge in [0.05, 0.1) is 13.2 Å². The van der Waals surface area contributed by atoms with Crippen molar-refractivity contribution >= 4 is 23.2 Å². The first kappa shape index (κ1) is 15.0. The van der Waals surface area contributed by atoms with Gasteiger partial charge in [0.25, 0.3) is 0 Å². The Morgan fingerprint density at radius 2 is 1.67 bits per heavy atom. The molecule has 0 aromatic rings. The molecule has 15 heavy (non-hydrogen) atoms. The molecular weight excluding hydrogens is 258 g/mol. The van der Waals surface area contributed by atoms with Crippen LogP contribution in [0, 0.1) is 0 Å². The average Bonchev–Trinajstić information content (AvgIpc) is 2.10. The van der Waals surface area contributed by atoms with Gasteiger partial charge in [0.2, 0.25) is 0 Å². The molecule has 0 spiro atoms. The van der Waals surface area contributed by atoms with Crippen LogP contribution >= 0.6 is 23.2 Å². The maximum absolute atomic E-state index is 12.4. The first-order chi connectivity index (χ1) is 6.79. The van der Waals surface area contributed by atoms with Crippen LogP contribution in [-0.4, -0.2) is 41.7 Å². The third-order valence-electron chi connectivity index (χ3n) is 1.78. The van der Waals surface area contributed by atoms with E-state index in [2.05, 4.69) is 0 Å². The molecule has 0 radical (unpaired) electrons. The van der Waals surface area contributed by atoms with Crippen molar-refractivity contribution in [3.05, 3.63) is 10.6 Å². The second-order valence-corrected chi connectivity index (χ2v) is 3.78. The van der Waals surface area contributed by atoms with Gasteiger partial charge in [-0.05, 0) is 6.08 Å². The SMILES string of the molecule is OCC(CO)(NCC=C(Cl)Cl)C(F)(F)F. The summed E-state index contributed by atoms with van der Waals surface area (Å²) in [5.74, 6) is 0. The summed E-state index contributed by atoms with van der Waals surface area (Å²) in [4.78, 5) is 0. The number of hydrogen-bond acceptors (Lipinski definition) is 3. The van der Waals surface area contributed by atoms with E-state index in [1.165, 1.54) is 0 Å². The molecule has 0 atom stereocenters. The molecule has 0 aliphatic heterocycles. The van der Waals surface area contributed by atoms with E-state index in [4.69, 9.17) is 33.4 Å². The summed E-state index contributed by atoms with van der Waals surface area (Å²) in [6.45, 7) is -2.87. The fourth-order valence-corrected chi connectivity index (χ4v) is 0.919. The van der Waals surface area contributed by atoms with Gasteiger partial charge in [-0.3, -0.25) is 5.32 Å². The van der Waals surface area contributed by atoms with Gasteiger partial charge in [-0.25, -0.2) is 0 Å². The van der Waals surface area contributed by atoms with E-state index in [0.29, 0.717) is 0 Å². The van der Waals surface area contributed by atoms with E-state index in [9.17, 15) is 13.2 Å². The van der Waals surface area contributed by atoms with Gasteiger partial charge in [0.15, 0.2) is 5.54 Å². The second kappa shape index (κ2) is 5.91. The molecule has 0 aromatic carbocycles. The average molecular weight is 268 g/mol. The van der Waals surface area contributed by atoms with Gasteiger partial charge >= 0.3 is 6.18 Å². The van der Waals surface area contributed by atoms with Crippen molar-refractivity contribution in [1.29, 1.82) is 0 Å². The number of hydrogen-bond donors (Lipinski definition) is 3. The summed E-state index contributed by atoms with van der Waals surface area (Å²) in [6, 6.07) is 0. The maximum atomic E-state index is 12.4. The molecule has 3 nitrogen and oxygen atoms in total. The molecule has 0 aliphatic carbocycles. The molecule has 0 unspecified atom stereocenters. The molecular formula is C7H10Cl2F3NO2. The van der Waals surface area contributed by atoms with Gasteiger partial charge in [-0.2, -0.15) is 13.2 Å². The monoisotopic (exact) mass is 267 g/mol. The summed E-state index contributed by atoms with van der Waals surface area (Å²) in [5.41, 5.74) is -2.74. The van der Waals surface area contributed by atoms with E-state index in [-0.39, 0.29) is 11.0 Å². The Labute approximate surface area is 94.5 Å². The molecule has 8 heteroatoms. The van der Waals surface area contributed by atoms with Crippen LogP contribution in [0.1, 0.15) is 0 Å². The van der Waals surface area contributed by atoms with Crippen molar-refractivity contribution < 1.29 is 23.4 Å². The standard InChI is InChI=1S/C7H10Cl2F3NO2/c8-5(9)1-2-13-6(3-14,4-15)7(10,11)12/h1,13-15H,2-4H2. The molecule has 0 fully saturated rings. The fraction of sp³-hybridized carbons (Fsp3) is 0.714. The number of halogens is 5. The van der Waals surface area contributed by atoms with Crippen LogP contribution < -0.4 is 5.32 Å². The highest BCUT2D eigenvalue weighted by molar-refractivity contribution is 6.55. The largest absolute Gasteiger partial charge is 0.411 e. The normalized spacial score (nSPS) is 12.7. The third-order valence-corrected chi connectivity index (χ3v) is 2.09. The number of nitrogens with one attached hydrogen (secondary N) is 1. The van der Waals surface area contributed by atoms with Gasteiger partial charge in [0, 0.05) is 6.54 Å². The lowest BCUT2D eigenvalue weighted by molar-refractivity contribution is -0.216. The van der Waals surface area contributed by atoms with Crippen molar-refractivity contribution in [2.24, 2.45) is 0 Å². The lowest BCUT2D eigenvalue weighted by Gasteiger charge is -2.32. The van der Waals surface area contributed by atoms with E-state index in [1.54, 1.807) is 0 Å². The van der Waals surface area contributed by atoms with Gasteiger partial charge in [-0.1, -0.05) is 23.2 Å². The first-order valence-corrected chi connectivity index (χ1v) is 4.59. The van der Waals surface area contributed by atoms with Crippen LogP contribution in [0.4, 0.5) is 13.2 Å². The number of alkyl halides is 3. The summed E-state index contributed by atoms with van der Waals surface area (Å²) in [7, 11) is 0. The summed E-state index contributed by atoms with van der Waals surface area (Å²) >= 11 is 10.4. The Bertz CT molecular complexity index is 225. The second-order valence-electron chi connectivity index (χ2n) is 2.77. The van der Waals surface area contributed by atoms with Crippen LogP contribution in [0.15, 0.2) is 10.6 Å². The summed E-state index contributed by atoms with van der Waals surface area (Å²) < 4.78 is 37.1. The van der Waals surface area contributed by atoms with Crippen molar-refractivity contribution in [3.63, 3.8) is 0 Å². The number of aliphatic hydroxyl groups is 2. The van der Waals surface area contributed by atoms with E-state index >= 15 is 0 Å². The molecule has 90 valence electrons. The van der Waals surface area contributed by atoms with E-state index in [1.807, 2.05) is 5.32 Å². The highest BCUT2D eigenvalue weighted by atomic mass is 35.5. The van der Waals surface area contributed by atoms with Gasteiger partial charge in [-0.15, -0.1) is 0 Å². The Kier molecular flexibility index (Phi) is 5.90. The van der Waals surface area contributed by atoms with Gasteiger partial charge in [0.1, 0.15) is 4.49 Å². The molecule has 3 N–H and O–H groups in total. The lowest BCUT2D eigenvalue weighted by Crippen LogP contribution is -2.62. The zero-order valence-corrected chi connectivity index (χ0v) is 8.99. The molecule has 0 aliphatic rings. The van der Waals surface area contributed by atoms with Gasteiger partial charge < -0.3 is 10.2 Å². The van der Waals surface area contributed by atoms with Crippen molar-refractivity contribution in [2.45, 2.75) is 11.7 Å². The smallest absolute Gasteiger partial charge is 0.394 e. The molecule has 0 amide bonds. The fourth-order valence-electron chi connectivity index (χ4n) is 0.765. The maximum Gasteiger partial charge on any atom is 0.411 e. The Morgan fingerprint density at radius 3 is 1.93 bits per heavy atom. The first-order valence-electron chi connectivity index (χ1n) is 3.83. The highest BCUT2D eigenvalue weighted by Gasteiger charge is 2.53. The van der Waals surface area contributed by atoms with Crippen molar-refractivity contribution in [3.8, 4) is 0 Å². The zero-order valence-electron chi connectivity index (χ0n) is 7.48. The predicted molar refractivity (Wildman–Crippen MR) is 50.7 cm³/mol. The minimum absolute atomic E-state index is 0.200. The van der Waals surface area contributed by atoms with Crippen LogP contribution in [-0.2, 0) is 0 Å². The summed E-state index contributed by atoms with van der Waals surface area (Å²) in [6.07, 6.45) is -3.70. The highest BCUT2D eigenvalue weighted by Crippen LogP contribution is 2.29. The van der Waals surface area contributed by atoms with Crippen LogP contribution in [0.25, 0.3) is 0 Å². The van der Waals surface area contributed by atoms with Crippen LogP contribution in [0.2, 0.25) is 0 Å². The van der Waals surface area contributed by atoms with Crippen molar-refractivity contribution in [2.75, 3.05) is 19.8 Å². The Hall–Kier alpha value is -0.0100. The number of aliphatic hydroxyl groups excluding tert-OH is 2. The molecule has 0 saturated heterocycles. The molecule has 0 saturated carbocycles. The Morgan fingerprint density at radius 1 is 1.20 bits per heavy atom. The van der Waals surface area contributed by atoms with Crippen molar-refractivity contribution in [1.82, 2.24) is 5.32 Å². The zero-order chi connectivity index (χ0) is 12.1. The van der Waals surface area contributed by atoms with Crippen LogP contribution in [0.3, 0.4) is 0 Å². The molecule has 0 rings (SSSR count). The summed E-state index contributed by atoms with van der Waals surface area (Å²) in [5, 5.41) is 19.2. The number of rotatable bonds is 5. The minimum Gasteiger partial charge on any atom is -0.394 e. The van der Waals surface area contributed by atoms with Crippen LogP contribution in [0.5, 0.6) is 0 Å². The van der Waals surface area contributed by atoms with E-state index < -0.39 is 24.9 Å². The predicted octanol–water partition coefficient (Wildman–Crippen LogP) is 1.18. The minimum atomic E-state index is -4.77. The third kappa shape index (κ3) is 4.16. The molecule has 0 heterocycles. The Balaban J connectivity index is 4.60. The van der Waals surface area contributed by atoms with E-state index in [0.717, 1.165) is 6.08 Å². The molecule has 0 bridgehead atoms. The quantitative estimate of drug-likeness (QED) is 0.701.